The first-order valence-electron chi connectivity index (χ1n) is 8.71. The quantitative estimate of drug-likeness (QED) is 0.384. The van der Waals surface area contributed by atoms with E-state index >= 15 is 0 Å². The normalized spacial score (nSPS) is 12.1. The predicted molar refractivity (Wildman–Crippen MR) is 109 cm³/mol. The highest BCUT2D eigenvalue weighted by atomic mass is 16.5. The Morgan fingerprint density at radius 3 is 2.68 bits per heavy atom. The van der Waals surface area contributed by atoms with E-state index in [1.807, 2.05) is 50.3 Å². The summed E-state index contributed by atoms with van der Waals surface area (Å²) in [5.74, 6) is 1.13. The van der Waals surface area contributed by atoms with E-state index in [1.165, 1.54) is 4.57 Å². The number of methoxy groups -OCH3 is 1. The molecule has 0 amide bonds. The van der Waals surface area contributed by atoms with Crippen molar-refractivity contribution in [2.45, 2.75) is 20.4 Å². The smallest absolute Gasteiger partial charge is 0.329 e. The highest BCUT2D eigenvalue weighted by molar-refractivity contribution is 5.99. The number of nitrogens with one attached hydrogen (secondary N) is 2. The van der Waals surface area contributed by atoms with Crippen LogP contribution in [0.4, 0.5) is 5.95 Å². The van der Waals surface area contributed by atoms with Gasteiger partial charge in [0.2, 0.25) is 5.95 Å². The maximum absolute atomic E-state index is 12.3. The first-order valence-corrected chi connectivity index (χ1v) is 8.71. The average Bonchev–Trinajstić information content (AvgIpc) is 3.07. The molecule has 0 saturated carbocycles. The number of fused-ring (bicyclic) bond motifs is 1. The molecule has 146 valence electrons. The summed E-state index contributed by atoms with van der Waals surface area (Å²) in [6.45, 7) is 4.15. The molecule has 1 aromatic carbocycles. The Labute approximate surface area is 161 Å². The van der Waals surface area contributed by atoms with Crippen LogP contribution >= 0.6 is 0 Å². The van der Waals surface area contributed by atoms with Crippen LogP contribution in [-0.4, -0.2) is 31.9 Å². The van der Waals surface area contributed by atoms with Crippen LogP contribution in [0.3, 0.4) is 0 Å². The molecule has 0 spiro atoms. The van der Waals surface area contributed by atoms with Crippen LogP contribution in [0.15, 0.2) is 51.1 Å². The number of imidazole rings is 1. The molecule has 0 aliphatic carbocycles. The van der Waals surface area contributed by atoms with Crippen LogP contribution < -0.4 is 21.4 Å². The van der Waals surface area contributed by atoms with E-state index in [1.54, 1.807) is 18.7 Å². The third-order valence-electron chi connectivity index (χ3n) is 4.36. The molecular weight excluding hydrogens is 360 g/mol. The third-order valence-corrected chi connectivity index (χ3v) is 4.36. The molecule has 0 fully saturated rings. The zero-order valence-electron chi connectivity index (χ0n) is 16.2. The summed E-state index contributed by atoms with van der Waals surface area (Å²) < 4.78 is 8.14. The Bertz CT molecular complexity index is 1170. The number of H-pyrrole nitrogens is 1. The summed E-state index contributed by atoms with van der Waals surface area (Å²) in [5.41, 5.74) is 4.15. The van der Waals surface area contributed by atoms with Gasteiger partial charge in [-0.1, -0.05) is 12.2 Å². The number of aromatic amines is 1. The fourth-order valence-corrected chi connectivity index (χ4v) is 2.74. The van der Waals surface area contributed by atoms with Crippen LogP contribution in [0.5, 0.6) is 5.75 Å². The van der Waals surface area contributed by atoms with Crippen molar-refractivity contribution in [2.75, 3.05) is 12.5 Å². The SMILES string of the molecule is CC=CCn1c(NN=C(C)c2ccc(OC)cc2)nc2c1c(=O)[nH]c(=O)n2C. The van der Waals surface area contributed by atoms with Crippen LogP contribution in [0.2, 0.25) is 0 Å². The lowest BCUT2D eigenvalue weighted by atomic mass is 10.1. The van der Waals surface area contributed by atoms with Crippen molar-refractivity contribution in [1.82, 2.24) is 19.1 Å². The molecule has 9 heteroatoms. The van der Waals surface area contributed by atoms with Gasteiger partial charge in [-0.05, 0) is 43.7 Å². The van der Waals surface area contributed by atoms with Crippen LogP contribution in [0.1, 0.15) is 19.4 Å². The number of nitrogens with zero attached hydrogens (tertiary/aromatic N) is 4. The van der Waals surface area contributed by atoms with Crippen LogP contribution in [0.25, 0.3) is 11.2 Å². The Morgan fingerprint density at radius 1 is 1.32 bits per heavy atom. The van der Waals surface area contributed by atoms with Gasteiger partial charge in [0.1, 0.15) is 5.75 Å². The third kappa shape index (κ3) is 3.59. The molecule has 9 nitrogen and oxygen atoms in total. The Hall–Kier alpha value is -3.62. The van der Waals surface area contributed by atoms with E-state index in [4.69, 9.17) is 4.74 Å². The minimum absolute atomic E-state index is 0.290. The summed E-state index contributed by atoms with van der Waals surface area (Å²) in [6.07, 6.45) is 3.76. The fraction of sp³-hybridized carbons (Fsp3) is 0.263. The summed E-state index contributed by atoms with van der Waals surface area (Å²) in [4.78, 5) is 30.9. The molecule has 2 N–H and O–H groups in total. The summed E-state index contributed by atoms with van der Waals surface area (Å²) >= 11 is 0. The number of anilines is 1. The molecule has 0 aliphatic rings. The number of hydrogen-bond donors (Lipinski definition) is 2. The average molecular weight is 382 g/mol. The van der Waals surface area contributed by atoms with Gasteiger partial charge in [-0.25, -0.2) is 10.2 Å². The monoisotopic (exact) mass is 382 g/mol. The summed E-state index contributed by atoms with van der Waals surface area (Å²) in [7, 11) is 3.17. The second kappa shape index (κ2) is 7.95. The van der Waals surface area contributed by atoms with Gasteiger partial charge in [-0.3, -0.25) is 18.9 Å². The van der Waals surface area contributed by atoms with Gasteiger partial charge >= 0.3 is 5.69 Å². The van der Waals surface area contributed by atoms with Crippen molar-refractivity contribution in [3.63, 3.8) is 0 Å². The fourth-order valence-electron chi connectivity index (χ4n) is 2.74. The van der Waals surface area contributed by atoms with Gasteiger partial charge < -0.3 is 4.74 Å². The Morgan fingerprint density at radius 2 is 2.04 bits per heavy atom. The molecule has 0 aliphatic heterocycles. The molecule has 3 aromatic rings. The first-order chi connectivity index (χ1) is 13.5. The lowest BCUT2D eigenvalue weighted by Crippen LogP contribution is -2.29. The number of hydrazone groups is 1. The van der Waals surface area contributed by atoms with E-state index in [9.17, 15) is 9.59 Å². The van der Waals surface area contributed by atoms with Crippen molar-refractivity contribution in [3.8, 4) is 5.75 Å². The summed E-state index contributed by atoms with van der Waals surface area (Å²) in [6, 6.07) is 7.50. The van der Waals surface area contributed by atoms with Crippen molar-refractivity contribution in [2.24, 2.45) is 12.1 Å². The van der Waals surface area contributed by atoms with E-state index in [-0.39, 0.29) is 5.65 Å². The van der Waals surface area contributed by atoms with E-state index < -0.39 is 11.2 Å². The molecule has 0 unspecified atom stereocenters. The van der Waals surface area contributed by atoms with Crippen molar-refractivity contribution >= 4 is 22.8 Å². The maximum Gasteiger partial charge on any atom is 0.329 e. The van der Waals surface area contributed by atoms with Gasteiger partial charge in [-0.2, -0.15) is 10.1 Å². The molecule has 0 saturated heterocycles. The standard InChI is InChI=1S/C19H22N6O3/c1-5-6-11-25-15-16(24(3)19(27)21-17(15)26)20-18(25)23-22-12(2)13-7-9-14(28-4)10-8-13/h5-10H,11H2,1-4H3,(H,20,23)(H,21,26,27). The minimum atomic E-state index is -0.516. The predicted octanol–water partition coefficient (Wildman–Crippen LogP) is 1.84. The first kappa shape index (κ1) is 19.2. The largest absolute Gasteiger partial charge is 0.497 e. The molecule has 2 heterocycles. The van der Waals surface area contributed by atoms with Crippen molar-refractivity contribution in [3.05, 3.63) is 62.8 Å². The molecule has 3 rings (SSSR count). The zero-order valence-corrected chi connectivity index (χ0v) is 16.2. The maximum atomic E-state index is 12.3. The molecule has 0 radical (unpaired) electrons. The van der Waals surface area contributed by atoms with Gasteiger partial charge in [0.15, 0.2) is 11.2 Å². The minimum Gasteiger partial charge on any atom is -0.497 e. The second-order valence-corrected chi connectivity index (χ2v) is 6.14. The Balaban J connectivity index is 2.03. The number of hydrogen-bond acceptors (Lipinski definition) is 6. The number of ether oxygens (including phenoxy) is 1. The molecule has 28 heavy (non-hydrogen) atoms. The van der Waals surface area contributed by atoms with Crippen molar-refractivity contribution < 1.29 is 4.74 Å². The van der Waals surface area contributed by atoms with E-state index in [2.05, 4.69) is 20.5 Å². The molecule has 2 aromatic heterocycles. The highest BCUT2D eigenvalue weighted by Gasteiger charge is 2.16. The summed E-state index contributed by atoms with van der Waals surface area (Å²) in [5, 5.41) is 4.38. The molecule has 0 atom stereocenters. The van der Waals surface area contributed by atoms with Crippen LogP contribution in [0, 0.1) is 0 Å². The van der Waals surface area contributed by atoms with E-state index in [0.29, 0.717) is 18.0 Å². The van der Waals surface area contributed by atoms with E-state index in [0.717, 1.165) is 17.0 Å². The number of benzene rings is 1. The van der Waals surface area contributed by atoms with Gasteiger partial charge in [0.05, 0.1) is 12.8 Å². The Kier molecular flexibility index (Phi) is 5.44. The molecular formula is C19H22N6O3. The van der Waals surface area contributed by atoms with Gasteiger partial charge in [-0.15, -0.1) is 0 Å². The van der Waals surface area contributed by atoms with Gasteiger partial charge in [0, 0.05) is 13.6 Å². The zero-order chi connectivity index (χ0) is 20.3. The number of rotatable bonds is 6. The second-order valence-electron chi connectivity index (χ2n) is 6.14. The number of allylic oxidation sites excluding steroid dienone is 2. The van der Waals surface area contributed by atoms with Crippen LogP contribution in [-0.2, 0) is 13.6 Å². The topological polar surface area (TPSA) is 106 Å². The van der Waals surface area contributed by atoms with Crippen molar-refractivity contribution in [1.29, 1.82) is 0 Å². The highest BCUT2D eigenvalue weighted by Crippen LogP contribution is 2.16. The lowest BCUT2D eigenvalue weighted by molar-refractivity contribution is 0.415. The lowest BCUT2D eigenvalue weighted by Gasteiger charge is -2.07. The molecule has 0 bridgehead atoms. The van der Waals surface area contributed by atoms with Gasteiger partial charge in [0.25, 0.3) is 5.56 Å². The number of aromatic nitrogens is 4. The number of aryl methyl sites for hydroxylation is 1.